The summed E-state index contributed by atoms with van der Waals surface area (Å²) < 4.78 is 81.4. The Labute approximate surface area is 118 Å². The molecule has 0 bridgehead atoms. The number of halogens is 6. The second-order valence-electron chi connectivity index (χ2n) is 4.47. The van der Waals surface area contributed by atoms with E-state index < -0.39 is 30.7 Å². The smallest absolute Gasteiger partial charge is 0.402 e. The predicted molar refractivity (Wildman–Crippen MR) is 65.1 cm³/mol. The third-order valence-electron chi connectivity index (χ3n) is 3.11. The maximum atomic E-state index is 12.7. The van der Waals surface area contributed by atoms with E-state index in [1.807, 2.05) is 0 Å². The van der Waals surface area contributed by atoms with Crippen molar-refractivity contribution in [2.24, 2.45) is 5.92 Å². The maximum Gasteiger partial charge on any atom is 0.402 e. The summed E-state index contributed by atoms with van der Waals surface area (Å²) >= 11 is 0. The highest BCUT2D eigenvalue weighted by Gasteiger charge is 2.59. The molecule has 0 aliphatic heterocycles. The van der Waals surface area contributed by atoms with Crippen LogP contribution in [0.25, 0.3) is 0 Å². The lowest BCUT2D eigenvalue weighted by Gasteiger charge is -2.30. The average Bonchev–Trinajstić information content (AvgIpc) is 2.35. The second kappa shape index (κ2) is 6.55. The second-order valence-corrected chi connectivity index (χ2v) is 4.47. The van der Waals surface area contributed by atoms with Crippen molar-refractivity contribution in [1.29, 1.82) is 0 Å². The monoisotopic (exact) mass is 315 g/mol. The van der Waals surface area contributed by atoms with Gasteiger partial charge in [-0.1, -0.05) is 18.2 Å². The summed E-state index contributed by atoms with van der Waals surface area (Å²) in [6.45, 7) is 0. The normalized spacial score (nSPS) is 14.3. The van der Waals surface area contributed by atoms with E-state index in [0.717, 1.165) is 7.05 Å². The molecule has 0 saturated carbocycles. The van der Waals surface area contributed by atoms with Gasteiger partial charge in [0.05, 0.1) is 7.11 Å². The zero-order chi connectivity index (χ0) is 16.3. The van der Waals surface area contributed by atoms with Gasteiger partial charge in [0, 0.05) is 6.04 Å². The number of alkyl halides is 6. The number of hydrogen-bond donors (Lipinski definition) is 1. The van der Waals surface area contributed by atoms with E-state index >= 15 is 0 Å². The highest BCUT2D eigenvalue weighted by Crippen LogP contribution is 2.42. The molecule has 0 heterocycles. The van der Waals surface area contributed by atoms with Crippen LogP contribution in [0.1, 0.15) is 5.56 Å². The molecule has 0 aliphatic carbocycles. The fourth-order valence-corrected chi connectivity index (χ4v) is 2.14. The van der Waals surface area contributed by atoms with Crippen molar-refractivity contribution in [2.75, 3.05) is 14.2 Å². The number of benzene rings is 1. The Kier molecular flexibility index (Phi) is 5.49. The molecule has 0 radical (unpaired) electrons. The highest BCUT2D eigenvalue weighted by atomic mass is 19.4. The molecule has 1 N–H and O–H groups in total. The predicted octanol–water partition coefficient (Wildman–Crippen LogP) is 3.57. The quantitative estimate of drug-likeness (QED) is 0.839. The molecular weight excluding hydrogens is 300 g/mol. The Bertz CT molecular complexity index is 443. The highest BCUT2D eigenvalue weighted by molar-refractivity contribution is 5.34. The van der Waals surface area contributed by atoms with Crippen LogP contribution in [0.5, 0.6) is 5.75 Å². The van der Waals surface area contributed by atoms with Gasteiger partial charge in [0.25, 0.3) is 0 Å². The number of rotatable bonds is 5. The van der Waals surface area contributed by atoms with Gasteiger partial charge in [0.15, 0.2) is 5.92 Å². The van der Waals surface area contributed by atoms with Gasteiger partial charge >= 0.3 is 12.4 Å². The third kappa shape index (κ3) is 4.52. The molecule has 1 aromatic carbocycles. The Balaban J connectivity index is 3.11. The van der Waals surface area contributed by atoms with E-state index in [2.05, 4.69) is 5.32 Å². The van der Waals surface area contributed by atoms with Crippen LogP contribution in [0, 0.1) is 5.92 Å². The van der Waals surface area contributed by atoms with Crippen molar-refractivity contribution in [3.05, 3.63) is 29.8 Å². The van der Waals surface area contributed by atoms with Gasteiger partial charge in [-0.3, -0.25) is 0 Å². The van der Waals surface area contributed by atoms with E-state index in [9.17, 15) is 26.3 Å². The number of methoxy groups -OCH3 is 1. The summed E-state index contributed by atoms with van der Waals surface area (Å²) in [5, 5.41) is 2.12. The van der Waals surface area contributed by atoms with Gasteiger partial charge in [0.1, 0.15) is 5.75 Å². The van der Waals surface area contributed by atoms with Crippen molar-refractivity contribution >= 4 is 0 Å². The molecule has 0 aliphatic rings. The molecular formula is C13H15F6NO. The Morgan fingerprint density at radius 1 is 1.05 bits per heavy atom. The summed E-state index contributed by atoms with van der Waals surface area (Å²) in [6.07, 6.45) is -11.2. The first-order valence-corrected chi connectivity index (χ1v) is 6.03. The standard InChI is InChI=1S/C13H15F6NO/c1-20-9(11(12(14,15)16)13(17,18)19)7-8-5-3-4-6-10(8)21-2/h3-6,9,11,20H,7H2,1-2H3. The van der Waals surface area contributed by atoms with E-state index in [1.54, 1.807) is 6.07 Å². The third-order valence-corrected chi connectivity index (χ3v) is 3.11. The fourth-order valence-electron chi connectivity index (χ4n) is 2.14. The van der Waals surface area contributed by atoms with Crippen molar-refractivity contribution < 1.29 is 31.1 Å². The van der Waals surface area contributed by atoms with Gasteiger partial charge in [-0.25, -0.2) is 0 Å². The molecule has 1 atom stereocenters. The largest absolute Gasteiger partial charge is 0.496 e. The Morgan fingerprint density at radius 3 is 2.00 bits per heavy atom. The molecule has 8 heteroatoms. The van der Waals surface area contributed by atoms with E-state index in [4.69, 9.17) is 4.74 Å². The first-order valence-electron chi connectivity index (χ1n) is 6.03. The molecule has 1 rings (SSSR count). The number of hydrogen-bond acceptors (Lipinski definition) is 2. The van der Waals surface area contributed by atoms with E-state index in [0.29, 0.717) is 0 Å². The van der Waals surface area contributed by atoms with Crippen molar-refractivity contribution in [1.82, 2.24) is 5.32 Å². The van der Waals surface area contributed by atoms with Gasteiger partial charge in [0.2, 0.25) is 0 Å². The SMILES string of the molecule is CNC(Cc1ccccc1OC)C(C(F)(F)F)C(F)(F)F. The molecule has 0 spiro atoms. The first kappa shape index (κ1) is 17.6. The lowest BCUT2D eigenvalue weighted by atomic mass is 9.92. The number of para-hydroxylation sites is 1. The van der Waals surface area contributed by atoms with E-state index in [-0.39, 0.29) is 11.3 Å². The number of ether oxygens (including phenoxy) is 1. The summed E-state index contributed by atoms with van der Waals surface area (Å²) in [6, 6.07) is 4.20. The first-order chi connectivity index (χ1) is 9.61. The van der Waals surface area contributed by atoms with Crippen molar-refractivity contribution in [2.45, 2.75) is 24.8 Å². The van der Waals surface area contributed by atoms with Gasteiger partial charge < -0.3 is 10.1 Å². The Hall–Kier alpha value is -1.44. The summed E-state index contributed by atoms with van der Waals surface area (Å²) in [5.41, 5.74) is 0.276. The summed E-state index contributed by atoms with van der Waals surface area (Å²) in [5.74, 6) is -3.19. The van der Waals surface area contributed by atoms with Crippen LogP contribution in [-0.2, 0) is 6.42 Å². The molecule has 1 unspecified atom stereocenters. The number of nitrogens with one attached hydrogen (secondary N) is 1. The lowest BCUT2D eigenvalue weighted by Crippen LogP contribution is -2.51. The van der Waals surface area contributed by atoms with Crippen LogP contribution in [0.4, 0.5) is 26.3 Å². The molecule has 2 nitrogen and oxygen atoms in total. The molecule has 120 valence electrons. The van der Waals surface area contributed by atoms with Crippen molar-refractivity contribution in [3.63, 3.8) is 0 Å². The van der Waals surface area contributed by atoms with Crippen LogP contribution >= 0.6 is 0 Å². The molecule has 0 fully saturated rings. The molecule has 0 amide bonds. The fraction of sp³-hybridized carbons (Fsp3) is 0.538. The van der Waals surface area contributed by atoms with Crippen LogP contribution in [-0.4, -0.2) is 32.6 Å². The van der Waals surface area contributed by atoms with Gasteiger partial charge in [-0.2, -0.15) is 26.3 Å². The zero-order valence-corrected chi connectivity index (χ0v) is 11.3. The minimum atomic E-state index is -5.38. The molecule has 0 aromatic heterocycles. The minimum absolute atomic E-state index is 0.251. The topological polar surface area (TPSA) is 21.3 Å². The lowest BCUT2D eigenvalue weighted by molar-refractivity contribution is -0.291. The number of likely N-dealkylation sites (N-methyl/N-ethyl adjacent to an activating group) is 1. The molecule has 1 aromatic rings. The van der Waals surface area contributed by atoms with Crippen LogP contribution in [0.3, 0.4) is 0 Å². The Morgan fingerprint density at radius 2 is 1.57 bits per heavy atom. The van der Waals surface area contributed by atoms with E-state index in [1.165, 1.54) is 25.3 Å². The van der Waals surface area contributed by atoms with Gasteiger partial charge in [-0.15, -0.1) is 0 Å². The van der Waals surface area contributed by atoms with Gasteiger partial charge in [-0.05, 0) is 25.1 Å². The van der Waals surface area contributed by atoms with Crippen LogP contribution in [0.15, 0.2) is 24.3 Å². The maximum absolute atomic E-state index is 12.7. The summed E-state index contributed by atoms with van der Waals surface area (Å²) in [7, 11) is 2.38. The van der Waals surface area contributed by atoms with Crippen LogP contribution < -0.4 is 10.1 Å². The van der Waals surface area contributed by atoms with Crippen LogP contribution in [0.2, 0.25) is 0 Å². The zero-order valence-electron chi connectivity index (χ0n) is 11.3. The summed E-state index contributed by atoms with van der Waals surface area (Å²) in [4.78, 5) is 0. The average molecular weight is 315 g/mol. The van der Waals surface area contributed by atoms with Crippen molar-refractivity contribution in [3.8, 4) is 5.75 Å². The molecule has 0 saturated heterocycles. The molecule has 21 heavy (non-hydrogen) atoms. The minimum Gasteiger partial charge on any atom is -0.496 e.